The molecule has 0 saturated carbocycles. The number of carbonyl (C=O) groups is 2. The number of anilines is 1. The molecule has 0 atom stereocenters. The zero-order valence-electron chi connectivity index (χ0n) is 14.2. The van der Waals surface area contributed by atoms with Gasteiger partial charge in [-0.1, -0.05) is 6.92 Å². The summed E-state index contributed by atoms with van der Waals surface area (Å²) in [4.78, 5) is 29.8. The number of nitrogen functional groups attached to an aromatic ring is 1. The number of hydrogen-bond acceptors (Lipinski definition) is 6. The maximum atomic E-state index is 12.4. The van der Waals surface area contributed by atoms with Crippen LogP contribution < -0.4 is 11.1 Å². The van der Waals surface area contributed by atoms with Gasteiger partial charge in [0.1, 0.15) is 0 Å². The highest BCUT2D eigenvalue weighted by Gasteiger charge is 2.22. The maximum Gasteiger partial charge on any atom is 0.223 e. The zero-order chi connectivity index (χ0) is 17.8. The number of nitrogens with two attached hydrogens (primary N) is 1. The van der Waals surface area contributed by atoms with Crippen LogP contribution in [-0.2, 0) is 35.6 Å². The topological polar surface area (TPSA) is 106 Å². The van der Waals surface area contributed by atoms with Crippen LogP contribution in [0.4, 0.5) is 5.13 Å². The first-order chi connectivity index (χ1) is 12.0. The Hall–Kier alpha value is -2.42. The van der Waals surface area contributed by atoms with Crippen LogP contribution in [0.25, 0.3) is 0 Å². The van der Waals surface area contributed by atoms with E-state index >= 15 is 0 Å². The number of aryl methyl sites for hydroxylation is 1. The minimum absolute atomic E-state index is 0.00505. The largest absolute Gasteiger partial charge is 0.375 e. The number of amides is 2. The number of nitrogens with zero attached hydrogens (tertiary/aromatic N) is 4. The molecule has 2 aromatic heterocycles. The lowest BCUT2D eigenvalue weighted by Crippen LogP contribution is -2.38. The molecule has 0 saturated heterocycles. The average molecular weight is 362 g/mol. The van der Waals surface area contributed by atoms with Gasteiger partial charge in [0, 0.05) is 24.8 Å². The number of aromatic nitrogens is 3. The third-order valence-electron chi connectivity index (χ3n) is 4.15. The Kier molecular flexibility index (Phi) is 5.32. The summed E-state index contributed by atoms with van der Waals surface area (Å²) in [6.45, 7) is 4.11. The molecule has 8 nitrogen and oxygen atoms in total. The van der Waals surface area contributed by atoms with Crippen LogP contribution in [0.1, 0.15) is 36.8 Å². The van der Waals surface area contributed by atoms with Gasteiger partial charge in [-0.2, -0.15) is 5.10 Å². The van der Waals surface area contributed by atoms with Crippen molar-refractivity contribution < 1.29 is 9.59 Å². The molecule has 3 N–H and O–H groups in total. The van der Waals surface area contributed by atoms with E-state index in [1.165, 1.54) is 11.3 Å². The summed E-state index contributed by atoms with van der Waals surface area (Å²) in [6, 6.07) is 1.95. The fourth-order valence-corrected chi connectivity index (χ4v) is 3.37. The summed E-state index contributed by atoms with van der Waals surface area (Å²) in [6.07, 6.45) is 1.49. The van der Waals surface area contributed by atoms with Crippen LogP contribution in [0.3, 0.4) is 0 Å². The Balaban J connectivity index is 1.54. The van der Waals surface area contributed by atoms with E-state index in [1.54, 1.807) is 0 Å². The normalized spacial score (nSPS) is 13.6. The van der Waals surface area contributed by atoms with Crippen molar-refractivity contribution in [2.45, 2.75) is 45.8 Å². The first kappa shape index (κ1) is 17.4. The van der Waals surface area contributed by atoms with E-state index in [1.807, 2.05) is 28.0 Å². The third-order valence-corrected chi connectivity index (χ3v) is 4.88. The highest BCUT2D eigenvalue weighted by molar-refractivity contribution is 7.13. The molecule has 2 amide bonds. The molecule has 134 valence electrons. The number of hydrogen-bond donors (Lipinski definition) is 2. The van der Waals surface area contributed by atoms with E-state index in [2.05, 4.69) is 15.4 Å². The van der Waals surface area contributed by atoms with Crippen molar-refractivity contribution in [2.24, 2.45) is 0 Å². The van der Waals surface area contributed by atoms with Gasteiger partial charge in [0.25, 0.3) is 0 Å². The standard InChI is InChI=1S/C16H22N6O2S/c1-2-14(23)18-8-12-7-13-9-21(5-6-22(13)20-12)15(24)4-3-11-10-25-16(17)19-11/h7,10H,2-6,8-9H2,1H3,(H2,17,19)(H,18,23). The molecular formula is C16H22N6O2S. The fraction of sp³-hybridized carbons (Fsp3) is 0.500. The number of rotatable bonds is 6. The predicted octanol–water partition coefficient (Wildman–Crippen LogP) is 0.923. The van der Waals surface area contributed by atoms with Gasteiger partial charge in [0.2, 0.25) is 11.8 Å². The van der Waals surface area contributed by atoms with Gasteiger partial charge < -0.3 is 16.0 Å². The van der Waals surface area contributed by atoms with Gasteiger partial charge in [-0.05, 0) is 12.5 Å². The van der Waals surface area contributed by atoms with Gasteiger partial charge in [-0.3, -0.25) is 14.3 Å². The molecule has 0 aromatic carbocycles. The summed E-state index contributed by atoms with van der Waals surface area (Å²) in [7, 11) is 0. The van der Waals surface area contributed by atoms with E-state index in [9.17, 15) is 9.59 Å². The van der Waals surface area contributed by atoms with Crippen LogP contribution in [0.5, 0.6) is 0 Å². The van der Waals surface area contributed by atoms with Crippen molar-refractivity contribution in [3.05, 3.63) is 28.5 Å². The van der Waals surface area contributed by atoms with Gasteiger partial charge in [0.15, 0.2) is 5.13 Å². The van der Waals surface area contributed by atoms with Crippen LogP contribution in [0.15, 0.2) is 11.4 Å². The van der Waals surface area contributed by atoms with Crippen molar-refractivity contribution in [3.8, 4) is 0 Å². The van der Waals surface area contributed by atoms with E-state index in [4.69, 9.17) is 5.73 Å². The lowest BCUT2D eigenvalue weighted by molar-refractivity contribution is -0.132. The monoisotopic (exact) mass is 362 g/mol. The Labute approximate surface area is 150 Å². The van der Waals surface area contributed by atoms with Gasteiger partial charge in [0.05, 0.1) is 36.7 Å². The van der Waals surface area contributed by atoms with Crippen molar-refractivity contribution in [1.29, 1.82) is 0 Å². The molecule has 0 bridgehead atoms. The third kappa shape index (κ3) is 4.36. The van der Waals surface area contributed by atoms with Crippen molar-refractivity contribution >= 4 is 28.3 Å². The Morgan fingerprint density at radius 1 is 1.36 bits per heavy atom. The first-order valence-corrected chi connectivity index (χ1v) is 9.23. The lowest BCUT2D eigenvalue weighted by Gasteiger charge is -2.27. The van der Waals surface area contributed by atoms with Crippen LogP contribution in [-0.4, -0.2) is 38.0 Å². The fourth-order valence-electron chi connectivity index (χ4n) is 2.77. The minimum atomic E-state index is 0.00505. The molecule has 9 heteroatoms. The van der Waals surface area contributed by atoms with Crippen molar-refractivity contribution in [2.75, 3.05) is 12.3 Å². The lowest BCUT2D eigenvalue weighted by atomic mass is 10.2. The number of nitrogens with one attached hydrogen (secondary N) is 1. The Morgan fingerprint density at radius 2 is 2.20 bits per heavy atom. The smallest absolute Gasteiger partial charge is 0.223 e. The average Bonchev–Trinajstić information content (AvgIpc) is 3.22. The molecule has 0 spiro atoms. The van der Waals surface area contributed by atoms with Gasteiger partial charge >= 0.3 is 0 Å². The molecule has 0 unspecified atom stereocenters. The number of thiazole rings is 1. The second-order valence-electron chi connectivity index (χ2n) is 5.97. The van der Waals surface area contributed by atoms with Crippen LogP contribution in [0, 0.1) is 0 Å². The summed E-state index contributed by atoms with van der Waals surface area (Å²) >= 11 is 1.39. The van der Waals surface area contributed by atoms with Crippen molar-refractivity contribution in [1.82, 2.24) is 25.0 Å². The molecule has 1 aliphatic heterocycles. The Bertz CT molecular complexity index is 769. The number of fused-ring (bicyclic) bond motifs is 1. The molecule has 0 fully saturated rings. The summed E-state index contributed by atoms with van der Waals surface area (Å²) in [5.41, 5.74) is 8.30. The summed E-state index contributed by atoms with van der Waals surface area (Å²) < 4.78 is 1.92. The molecule has 0 aliphatic carbocycles. The molecule has 1 aliphatic rings. The van der Waals surface area contributed by atoms with Crippen LogP contribution >= 0.6 is 11.3 Å². The molecule has 25 heavy (non-hydrogen) atoms. The SMILES string of the molecule is CCC(=O)NCc1cc2n(n1)CCN(C(=O)CCc1csc(N)n1)C2. The van der Waals surface area contributed by atoms with Gasteiger partial charge in [-0.15, -0.1) is 11.3 Å². The summed E-state index contributed by atoms with van der Waals surface area (Å²) in [5, 5.41) is 9.74. The quantitative estimate of drug-likeness (QED) is 0.795. The molecule has 2 aromatic rings. The molecule has 3 rings (SSSR count). The second kappa shape index (κ2) is 7.64. The van der Waals surface area contributed by atoms with E-state index in [0.29, 0.717) is 50.6 Å². The van der Waals surface area contributed by atoms with E-state index in [-0.39, 0.29) is 11.8 Å². The first-order valence-electron chi connectivity index (χ1n) is 8.35. The van der Waals surface area contributed by atoms with Crippen molar-refractivity contribution in [3.63, 3.8) is 0 Å². The molecule has 0 radical (unpaired) electrons. The number of carbonyl (C=O) groups excluding carboxylic acids is 2. The highest BCUT2D eigenvalue weighted by Crippen LogP contribution is 2.17. The highest BCUT2D eigenvalue weighted by atomic mass is 32.1. The second-order valence-corrected chi connectivity index (χ2v) is 6.86. The van der Waals surface area contributed by atoms with E-state index in [0.717, 1.165) is 17.1 Å². The van der Waals surface area contributed by atoms with Gasteiger partial charge in [-0.25, -0.2) is 4.98 Å². The van der Waals surface area contributed by atoms with Crippen LogP contribution in [0.2, 0.25) is 0 Å². The molecule has 3 heterocycles. The summed E-state index contributed by atoms with van der Waals surface area (Å²) in [5.74, 6) is 0.116. The predicted molar refractivity (Wildman–Crippen MR) is 94.6 cm³/mol. The maximum absolute atomic E-state index is 12.4. The van der Waals surface area contributed by atoms with E-state index < -0.39 is 0 Å². The minimum Gasteiger partial charge on any atom is -0.375 e. The Morgan fingerprint density at radius 3 is 2.92 bits per heavy atom. The zero-order valence-corrected chi connectivity index (χ0v) is 15.0. The molecular weight excluding hydrogens is 340 g/mol.